The number of hydrogen-bond donors (Lipinski definition) is 0. The van der Waals surface area contributed by atoms with E-state index in [-0.39, 0.29) is 17.5 Å². The number of ketones is 2. The summed E-state index contributed by atoms with van der Waals surface area (Å²) in [5, 5.41) is 0.649. The van der Waals surface area contributed by atoms with Crippen LogP contribution in [0.25, 0.3) is 0 Å². The van der Waals surface area contributed by atoms with Gasteiger partial charge in [-0.05, 0) is 31.5 Å². The lowest BCUT2D eigenvalue weighted by Gasteiger charge is -2.24. The van der Waals surface area contributed by atoms with E-state index in [2.05, 4.69) is 0 Å². The first-order valence-electron chi connectivity index (χ1n) is 8.26. The summed E-state index contributed by atoms with van der Waals surface area (Å²) in [7, 11) is 0. The van der Waals surface area contributed by atoms with Gasteiger partial charge in [-0.1, -0.05) is 23.7 Å². The van der Waals surface area contributed by atoms with Crippen LogP contribution in [0.1, 0.15) is 25.3 Å². The summed E-state index contributed by atoms with van der Waals surface area (Å²) in [6.07, 6.45) is 0. The first-order chi connectivity index (χ1) is 12.5. The molecular weight excluding hydrogens is 424 g/mol. The second kappa shape index (κ2) is 9.28. The topological polar surface area (TPSA) is 34.1 Å². The minimum atomic E-state index is -0.330. The number of Topliss-reactive ketones (excluding diaryl/α,β-unsaturated/α-hetero) is 2. The molecule has 0 atom stereocenters. The molecule has 0 N–H and O–H groups in total. The maximum absolute atomic E-state index is 12.7. The Morgan fingerprint density at radius 3 is 1.54 bits per heavy atom. The lowest BCUT2D eigenvalue weighted by Crippen LogP contribution is -2.18. The summed E-state index contributed by atoms with van der Waals surface area (Å²) in [6.45, 7) is 3.23. The first kappa shape index (κ1) is 20.5. The zero-order chi connectivity index (χ0) is 18.7. The van der Waals surface area contributed by atoms with E-state index in [9.17, 15) is 9.59 Å². The molecule has 0 amide bonds. The fourth-order valence-electron chi connectivity index (χ4n) is 2.99. The third-order valence-electron chi connectivity index (χ3n) is 4.08. The van der Waals surface area contributed by atoms with Crippen LogP contribution in [0.15, 0.2) is 43.9 Å². The summed E-state index contributed by atoms with van der Waals surface area (Å²) < 4.78 is 2.12. The highest BCUT2D eigenvalue weighted by molar-refractivity contribution is 8.25. The number of carbonyl (C=O) groups is 2. The van der Waals surface area contributed by atoms with Crippen LogP contribution in [0.4, 0.5) is 0 Å². The summed E-state index contributed by atoms with van der Waals surface area (Å²) >= 11 is 13.0. The molecule has 26 heavy (non-hydrogen) atoms. The van der Waals surface area contributed by atoms with Crippen molar-refractivity contribution in [3.05, 3.63) is 54.5 Å². The van der Waals surface area contributed by atoms with Crippen molar-refractivity contribution in [2.45, 2.75) is 19.8 Å². The Kier molecular flexibility index (Phi) is 7.31. The molecule has 0 spiro atoms. The van der Waals surface area contributed by atoms with E-state index < -0.39 is 0 Å². The molecule has 0 unspecified atom stereocenters. The molecule has 0 bridgehead atoms. The molecule has 1 aromatic carbocycles. The van der Waals surface area contributed by atoms with Gasteiger partial charge in [0.25, 0.3) is 0 Å². The largest absolute Gasteiger partial charge is 0.295 e. The monoisotopic (exact) mass is 442 g/mol. The van der Waals surface area contributed by atoms with Gasteiger partial charge in [-0.25, -0.2) is 0 Å². The smallest absolute Gasteiger partial charge is 0.158 e. The number of thioether (sulfide) groups is 4. The van der Waals surface area contributed by atoms with Crippen molar-refractivity contribution in [1.29, 1.82) is 0 Å². The van der Waals surface area contributed by atoms with Crippen LogP contribution < -0.4 is 0 Å². The van der Waals surface area contributed by atoms with Gasteiger partial charge in [0.15, 0.2) is 11.6 Å². The third-order valence-corrected chi connectivity index (χ3v) is 9.82. The van der Waals surface area contributed by atoms with Gasteiger partial charge in [0.2, 0.25) is 0 Å². The van der Waals surface area contributed by atoms with Crippen molar-refractivity contribution in [2.75, 3.05) is 23.0 Å². The fraction of sp³-hybridized carbons (Fsp3) is 0.368. The number of halogens is 1. The Bertz CT molecular complexity index is 723. The SMILES string of the molecule is CC(=O)C(=C1SCCS1)C(C(C(C)=O)=C1SCCS1)c1ccc(Cl)cc1. The molecule has 0 saturated carbocycles. The van der Waals surface area contributed by atoms with E-state index >= 15 is 0 Å². The summed E-state index contributed by atoms with van der Waals surface area (Å²) in [5.41, 5.74) is 2.46. The van der Waals surface area contributed by atoms with Gasteiger partial charge >= 0.3 is 0 Å². The van der Waals surface area contributed by atoms with Crippen LogP contribution in [-0.2, 0) is 9.59 Å². The second-order valence-electron chi connectivity index (χ2n) is 5.89. The second-order valence-corrected chi connectivity index (χ2v) is 11.3. The predicted molar refractivity (Wildman–Crippen MR) is 119 cm³/mol. The molecular formula is C19H19ClO2S4. The van der Waals surface area contributed by atoms with Gasteiger partial charge in [0.1, 0.15) is 0 Å². The van der Waals surface area contributed by atoms with Gasteiger partial charge in [-0.3, -0.25) is 9.59 Å². The highest BCUT2D eigenvalue weighted by atomic mass is 35.5. The van der Waals surface area contributed by atoms with Gasteiger partial charge < -0.3 is 0 Å². The van der Waals surface area contributed by atoms with E-state index in [1.54, 1.807) is 60.9 Å². The van der Waals surface area contributed by atoms with Crippen molar-refractivity contribution < 1.29 is 9.59 Å². The van der Waals surface area contributed by atoms with E-state index in [0.29, 0.717) is 5.02 Å². The summed E-state index contributed by atoms with van der Waals surface area (Å²) in [4.78, 5) is 25.4. The number of allylic oxidation sites excluding steroid dienone is 2. The Hall–Kier alpha value is -0.270. The van der Waals surface area contributed by atoms with Crippen LogP contribution in [0.3, 0.4) is 0 Å². The minimum absolute atomic E-state index is 0.0363. The maximum Gasteiger partial charge on any atom is 0.158 e. The highest BCUT2D eigenvalue weighted by Crippen LogP contribution is 2.49. The van der Waals surface area contributed by atoms with Crippen molar-refractivity contribution in [1.82, 2.24) is 0 Å². The zero-order valence-corrected chi connectivity index (χ0v) is 18.6. The molecule has 2 heterocycles. The average Bonchev–Trinajstić information content (AvgIpc) is 3.28. The van der Waals surface area contributed by atoms with Crippen LogP contribution in [0.2, 0.25) is 5.02 Å². The number of benzene rings is 1. The zero-order valence-electron chi connectivity index (χ0n) is 14.5. The molecule has 2 fully saturated rings. The van der Waals surface area contributed by atoms with Gasteiger partial charge in [-0.15, -0.1) is 47.0 Å². The fourth-order valence-corrected chi connectivity index (χ4v) is 8.53. The van der Waals surface area contributed by atoms with Crippen molar-refractivity contribution in [2.24, 2.45) is 0 Å². The predicted octanol–water partition coefficient (Wildman–Crippen LogP) is 5.98. The summed E-state index contributed by atoms with van der Waals surface area (Å²) in [6, 6.07) is 7.54. The molecule has 0 radical (unpaired) electrons. The highest BCUT2D eigenvalue weighted by Gasteiger charge is 2.34. The maximum atomic E-state index is 12.7. The molecule has 2 saturated heterocycles. The Morgan fingerprint density at radius 2 is 1.19 bits per heavy atom. The Morgan fingerprint density at radius 1 is 0.808 bits per heavy atom. The van der Waals surface area contributed by atoms with Crippen LogP contribution in [-0.4, -0.2) is 34.6 Å². The molecule has 2 nitrogen and oxygen atoms in total. The van der Waals surface area contributed by atoms with Crippen molar-refractivity contribution in [3.63, 3.8) is 0 Å². The number of carbonyl (C=O) groups excluding carboxylic acids is 2. The average molecular weight is 443 g/mol. The molecule has 0 aromatic heterocycles. The lowest BCUT2D eigenvalue weighted by molar-refractivity contribution is -0.114. The molecule has 0 aliphatic carbocycles. The van der Waals surface area contributed by atoms with E-state index in [4.69, 9.17) is 11.6 Å². The number of hydrogen-bond acceptors (Lipinski definition) is 6. The van der Waals surface area contributed by atoms with E-state index in [1.165, 1.54) is 0 Å². The molecule has 2 aliphatic rings. The normalized spacial score (nSPS) is 17.1. The molecule has 3 rings (SSSR count). The minimum Gasteiger partial charge on any atom is -0.295 e. The Balaban J connectivity index is 2.23. The van der Waals surface area contributed by atoms with Crippen LogP contribution in [0.5, 0.6) is 0 Å². The van der Waals surface area contributed by atoms with E-state index in [1.807, 2.05) is 24.3 Å². The molecule has 2 aliphatic heterocycles. The molecule has 7 heteroatoms. The molecule has 1 aromatic rings. The number of rotatable bonds is 5. The standard InChI is InChI=1S/C19H19ClO2S4/c1-11(21)15(18-23-7-8-24-18)17(13-3-5-14(20)6-4-13)16(12(2)22)19-25-9-10-26-19/h3-6,17H,7-10H2,1-2H3. The van der Waals surface area contributed by atoms with Crippen molar-refractivity contribution >= 4 is 70.2 Å². The first-order valence-corrected chi connectivity index (χ1v) is 12.6. The molecule has 138 valence electrons. The third kappa shape index (κ3) is 4.58. The van der Waals surface area contributed by atoms with Gasteiger partial charge in [0, 0.05) is 53.6 Å². The Labute approximate surface area is 176 Å². The van der Waals surface area contributed by atoms with Gasteiger partial charge in [0.05, 0.1) is 0 Å². The van der Waals surface area contributed by atoms with E-state index in [0.717, 1.165) is 48.2 Å². The quantitative estimate of drug-likeness (QED) is 0.521. The summed E-state index contributed by atoms with van der Waals surface area (Å²) in [5.74, 6) is 3.74. The van der Waals surface area contributed by atoms with Crippen molar-refractivity contribution in [3.8, 4) is 0 Å². The van der Waals surface area contributed by atoms with Crippen LogP contribution in [0, 0.1) is 0 Å². The van der Waals surface area contributed by atoms with Crippen LogP contribution >= 0.6 is 58.6 Å². The lowest BCUT2D eigenvalue weighted by atomic mass is 9.82. The van der Waals surface area contributed by atoms with Gasteiger partial charge in [-0.2, -0.15) is 0 Å².